The lowest BCUT2D eigenvalue weighted by molar-refractivity contribution is -0.134. The Labute approximate surface area is 178 Å². The van der Waals surface area contributed by atoms with Gasteiger partial charge in [0.25, 0.3) is 5.91 Å². The third-order valence-electron chi connectivity index (χ3n) is 5.22. The highest BCUT2D eigenvalue weighted by atomic mass is 32.1. The van der Waals surface area contributed by atoms with Crippen LogP contribution in [0.4, 0.5) is 4.39 Å². The summed E-state index contributed by atoms with van der Waals surface area (Å²) in [5, 5.41) is 9.07. The maximum atomic E-state index is 14.0. The monoisotopic (exact) mass is 426 g/mol. The zero-order valence-corrected chi connectivity index (χ0v) is 17.5. The van der Waals surface area contributed by atoms with Crippen molar-refractivity contribution in [1.29, 1.82) is 0 Å². The topological polar surface area (TPSA) is 67.2 Å². The summed E-state index contributed by atoms with van der Waals surface area (Å²) in [5.74, 6) is -0.940. The molecule has 1 atom stereocenters. The predicted molar refractivity (Wildman–Crippen MR) is 113 cm³/mol. The molecule has 1 aromatic carbocycles. The number of aromatic nitrogens is 2. The fraction of sp³-hybridized carbons (Fsp3) is 0.318. The van der Waals surface area contributed by atoms with E-state index in [1.165, 1.54) is 33.5 Å². The van der Waals surface area contributed by atoms with Gasteiger partial charge in [-0.3, -0.25) is 9.59 Å². The molecule has 2 amide bonds. The lowest BCUT2D eigenvalue weighted by Gasteiger charge is -2.30. The maximum absolute atomic E-state index is 14.0. The third kappa shape index (κ3) is 4.14. The van der Waals surface area contributed by atoms with E-state index in [-0.39, 0.29) is 17.3 Å². The Balaban J connectivity index is 1.46. The molecule has 0 fully saturated rings. The highest BCUT2D eigenvalue weighted by molar-refractivity contribution is 7.10. The molecule has 8 heteroatoms. The predicted octanol–water partition coefficient (Wildman–Crippen LogP) is 3.56. The van der Waals surface area contributed by atoms with E-state index in [1.54, 1.807) is 29.5 Å². The molecule has 1 aliphatic rings. The average Bonchev–Trinajstić information content (AvgIpc) is 3.42. The number of rotatable bonds is 6. The summed E-state index contributed by atoms with van der Waals surface area (Å²) in [6.45, 7) is 3.21. The molecule has 4 rings (SSSR count). The molecule has 0 saturated heterocycles. The number of thiophene rings is 1. The number of para-hydroxylation sites is 1. The van der Waals surface area contributed by atoms with Crippen LogP contribution in [0.1, 0.15) is 40.7 Å². The van der Waals surface area contributed by atoms with Crippen LogP contribution in [0.25, 0.3) is 5.69 Å². The highest BCUT2D eigenvalue weighted by Gasteiger charge is 2.29. The summed E-state index contributed by atoms with van der Waals surface area (Å²) in [5.41, 5.74) is 1.59. The van der Waals surface area contributed by atoms with Gasteiger partial charge in [0, 0.05) is 24.2 Å². The highest BCUT2D eigenvalue weighted by Crippen LogP contribution is 2.24. The van der Waals surface area contributed by atoms with E-state index < -0.39 is 17.8 Å². The van der Waals surface area contributed by atoms with E-state index in [0.29, 0.717) is 19.5 Å². The van der Waals surface area contributed by atoms with Crippen LogP contribution in [0.15, 0.2) is 48.0 Å². The summed E-state index contributed by atoms with van der Waals surface area (Å²) in [6, 6.07) is 9.19. The van der Waals surface area contributed by atoms with Gasteiger partial charge in [-0.05, 0) is 48.1 Å². The van der Waals surface area contributed by atoms with Crippen molar-refractivity contribution in [3.05, 3.63) is 69.9 Å². The number of fused-ring (bicyclic) bond motifs is 1. The first-order valence-corrected chi connectivity index (χ1v) is 10.9. The minimum Gasteiger partial charge on any atom is -0.339 e. The Hall–Kier alpha value is -3.00. The van der Waals surface area contributed by atoms with Crippen LogP contribution >= 0.6 is 11.3 Å². The molecule has 0 aliphatic carbocycles. The molecule has 1 N–H and O–H groups in total. The number of carbonyl (C=O) groups is 2. The fourth-order valence-electron chi connectivity index (χ4n) is 3.65. The second-order valence-corrected chi connectivity index (χ2v) is 8.29. The molecule has 3 aromatic rings. The van der Waals surface area contributed by atoms with Gasteiger partial charge in [0.05, 0.1) is 0 Å². The Bertz CT molecular complexity index is 1060. The van der Waals surface area contributed by atoms with Crippen molar-refractivity contribution in [1.82, 2.24) is 20.0 Å². The second-order valence-electron chi connectivity index (χ2n) is 7.29. The number of nitrogens with one attached hydrogen (secondary N) is 1. The molecule has 0 spiro atoms. The number of hydrogen-bond donors (Lipinski definition) is 1. The molecule has 0 radical (unpaired) electrons. The molecule has 1 unspecified atom stereocenters. The van der Waals surface area contributed by atoms with E-state index >= 15 is 0 Å². The van der Waals surface area contributed by atoms with Gasteiger partial charge >= 0.3 is 0 Å². The van der Waals surface area contributed by atoms with E-state index in [1.807, 2.05) is 11.8 Å². The van der Waals surface area contributed by atoms with Crippen molar-refractivity contribution in [2.45, 2.75) is 38.8 Å². The van der Waals surface area contributed by atoms with Gasteiger partial charge in [-0.2, -0.15) is 5.10 Å². The number of amides is 2. The first kappa shape index (κ1) is 20.3. The quantitative estimate of drug-likeness (QED) is 0.655. The van der Waals surface area contributed by atoms with Gasteiger partial charge in [0.1, 0.15) is 17.5 Å². The van der Waals surface area contributed by atoms with Crippen molar-refractivity contribution >= 4 is 23.2 Å². The molecule has 3 heterocycles. The molecule has 6 nitrogen and oxygen atoms in total. The van der Waals surface area contributed by atoms with E-state index in [0.717, 1.165) is 12.8 Å². The zero-order chi connectivity index (χ0) is 21.1. The Kier molecular flexibility index (Phi) is 5.94. The molecular formula is C22H23FN4O2S. The number of hydrogen-bond acceptors (Lipinski definition) is 4. The largest absolute Gasteiger partial charge is 0.339 e. The SMILES string of the molecule is CCCC(NC(=O)c1ccn(-c2ccccc2F)n1)C(=O)N1CCc2sccc2C1. The molecule has 30 heavy (non-hydrogen) atoms. The Morgan fingerprint density at radius 3 is 2.90 bits per heavy atom. The first-order valence-electron chi connectivity index (χ1n) is 10.0. The van der Waals surface area contributed by atoms with Crippen LogP contribution in [0.2, 0.25) is 0 Å². The standard InChI is InChI=1S/C22H23FN4O2S/c1-2-5-18(22(29)26-11-9-20-15(14-26)10-13-30-20)24-21(28)17-8-12-27(25-17)19-7-4-3-6-16(19)23/h3-4,6-8,10,12-13,18H,2,5,9,11,14H2,1H3,(H,24,28). The average molecular weight is 427 g/mol. The number of carbonyl (C=O) groups excluding carboxylic acids is 2. The third-order valence-corrected chi connectivity index (χ3v) is 6.24. The van der Waals surface area contributed by atoms with Crippen molar-refractivity contribution < 1.29 is 14.0 Å². The minimum atomic E-state index is -0.610. The smallest absolute Gasteiger partial charge is 0.272 e. The first-order chi connectivity index (χ1) is 14.6. The fourth-order valence-corrected chi connectivity index (χ4v) is 4.54. The molecule has 2 aromatic heterocycles. The maximum Gasteiger partial charge on any atom is 0.272 e. The van der Waals surface area contributed by atoms with Crippen molar-refractivity contribution in [2.24, 2.45) is 0 Å². The van der Waals surface area contributed by atoms with Crippen LogP contribution in [-0.2, 0) is 17.8 Å². The Morgan fingerprint density at radius 2 is 2.10 bits per heavy atom. The van der Waals surface area contributed by atoms with Crippen LogP contribution < -0.4 is 5.32 Å². The summed E-state index contributed by atoms with van der Waals surface area (Å²) < 4.78 is 15.3. The summed E-state index contributed by atoms with van der Waals surface area (Å²) in [6.07, 6.45) is 3.69. The van der Waals surface area contributed by atoms with Gasteiger partial charge in [0.2, 0.25) is 5.91 Å². The van der Waals surface area contributed by atoms with Gasteiger partial charge in [-0.25, -0.2) is 9.07 Å². The normalized spacial score (nSPS) is 14.3. The van der Waals surface area contributed by atoms with Crippen LogP contribution in [0.3, 0.4) is 0 Å². The summed E-state index contributed by atoms with van der Waals surface area (Å²) in [4.78, 5) is 29.0. The number of benzene rings is 1. The number of nitrogens with zero attached hydrogens (tertiary/aromatic N) is 3. The molecular weight excluding hydrogens is 403 g/mol. The van der Waals surface area contributed by atoms with Gasteiger partial charge < -0.3 is 10.2 Å². The van der Waals surface area contributed by atoms with Crippen molar-refractivity contribution in [2.75, 3.05) is 6.54 Å². The summed E-state index contributed by atoms with van der Waals surface area (Å²) >= 11 is 1.72. The molecule has 0 bridgehead atoms. The number of halogens is 1. The van der Waals surface area contributed by atoms with E-state index in [2.05, 4.69) is 21.9 Å². The van der Waals surface area contributed by atoms with Crippen molar-refractivity contribution in [3.8, 4) is 5.69 Å². The van der Waals surface area contributed by atoms with Crippen molar-refractivity contribution in [3.63, 3.8) is 0 Å². The Morgan fingerprint density at radius 1 is 1.27 bits per heavy atom. The zero-order valence-electron chi connectivity index (χ0n) is 16.7. The summed E-state index contributed by atoms with van der Waals surface area (Å²) in [7, 11) is 0. The van der Waals surface area contributed by atoms with E-state index in [4.69, 9.17) is 0 Å². The molecule has 1 aliphatic heterocycles. The second kappa shape index (κ2) is 8.79. The lowest BCUT2D eigenvalue weighted by Crippen LogP contribution is -2.49. The van der Waals surface area contributed by atoms with Gasteiger partial charge in [-0.15, -0.1) is 11.3 Å². The van der Waals surface area contributed by atoms with E-state index in [9.17, 15) is 14.0 Å². The van der Waals surface area contributed by atoms with Crippen LogP contribution in [-0.4, -0.2) is 39.1 Å². The lowest BCUT2D eigenvalue weighted by atomic mass is 10.1. The molecule has 156 valence electrons. The van der Waals surface area contributed by atoms with Crippen LogP contribution in [0.5, 0.6) is 0 Å². The van der Waals surface area contributed by atoms with Gasteiger partial charge in [-0.1, -0.05) is 25.5 Å². The van der Waals surface area contributed by atoms with Crippen LogP contribution in [0, 0.1) is 5.82 Å². The van der Waals surface area contributed by atoms with Gasteiger partial charge in [0.15, 0.2) is 5.69 Å². The molecule has 0 saturated carbocycles. The minimum absolute atomic E-state index is 0.0735.